The monoisotopic (exact) mass is 505 g/mol. The first-order valence-electron chi connectivity index (χ1n) is 11.0. The molecule has 1 aromatic rings. The Hall–Kier alpha value is -2.89. The van der Waals surface area contributed by atoms with Crippen LogP contribution >= 0.6 is 0 Å². The molecule has 0 aromatic carbocycles. The summed E-state index contributed by atoms with van der Waals surface area (Å²) in [6, 6.07) is -5.76. The van der Waals surface area contributed by atoms with Gasteiger partial charge in [0.25, 0.3) is 0 Å². The van der Waals surface area contributed by atoms with Crippen molar-refractivity contribution in [3.8, 4) is 0 Å². The van der Waals surface area contributed by atoms with Crippen molar-refractivity contribution in [2.24, 2.45) is 11.5 Å². The summed E-state index contributed by atoms with van der Waals surface area (Å²) >= 11 is 0. The van der Waals surface area contributed by atoms with Gasteiger partial charge in [-0.3, -0.25) is 4.79 Å². The van der Waals surface area contributed by atoms with Crippen LogP contribution in [-0.2, 0) is 9.59 Å². The fourth-order valence-electron chi connectivity index (χ4n) is 2.94. The summed E-state index contributed by atoms with van der Waals surface area (Å²) in [7, 11) is 0. The quantitative estimate of drug-likeness (QED) is 0.0789. The van der Waals surface area contributed by atoms with E-state index in [4.69, 9.17) is 21.1 Å². The first-order chi connectivity index (χ1) is 16.5. The molecule has 0 bridgehead atoms. The molecule has 0 saturated heterocycles. The standard InChI is InChI=1S/C19H35N7O9/c1-9(28)14(18(32)33)24-16(31)12(8-27)23-19(34)22-11(5-6-13(29)30)17-25-15(26-35-17)10(21)4-2-3-7-20/h9-14,27-30H,2-8,20-21H2,1H3,(H,24,31)(H,32,33)(H2,22,23,34)/t9?,10-,11-,12-,14-/m0/s1. The molecule has 16 heteroatoms. The maximum absolute atomic E-state index is 12.5. The highest BCUT2D eigenvalue weighted by molar-refractivity contribution is 5.90. The number of carbonyl (C=O) groups is 3. The molecule has 0 radical (unpaired) electrons. The maximum Gasteiger partial charge on any atom is 0.328 e. The number of amides is 3. The van der Waals surface area contributed by atoms with Crippen molar-refractivity contribution in [1.82, 2.24) is 26.1 Å². The summed E-state index contributed by atoms with van der Waals surface area (Å²) in [6.45, 7) is 0.779. The molecule has 1 aromatic heterocycles. The van der Waals surface area contributed by atoms with Gasteiger partial charge < -0.3 is 57.5 Å². The van der Waals surface area contributed by atoms with E-state index in [-0.39, 0.29) is 24.6 Å². The van der Waals surface area contributed by atoms with E-state index in [2.05, 4.69) is 20.8 Å². The molecule has 1 unspecified atom stereocenters. The highest BCUT2D eigenvalue weighted by Crippen LogP contribution is 2.21. The van der Waals surface area contributed by atoms with Crippen LogP contribution in [0.1, 0.15) is 62.8 Å². The third-order valence-electron chi connectivity index (χ3n) is 4.93. The predicted molar refractivity (Wildman–Crippen MR) is 118 cm³/mol. The van der Waals surface area contributed by atoms with Gasteiger partial charge in [0.2, 0.25) is 11.8 Å². The zero-order valence-corrected chi connectivity index (χ0v) is 19.3. The number of rotatable bonds is 16. The molecule has 0 spiro atoms. The summed E-state index contributed by atoms with van der Waals surface area (Å²) < 4.78 is 5.18. The molecule has 1 heterocycles. The normalized spacial score (nSPS) is 15.7. The van der Waals surface area contributed by atoms with Crippen LogP contribution in [0, 0.1) is 0 Å². The molecule has 0 fully saturated rings. The third-order valence-corrected chi connectivity index (χ3v) is 4.93. The largest absolute Gasteiger partial charge is 0.480 e. The van der Waals surface area contributed by atoms with Gasteiger partial charge in [-0.1, -0.05) is 11.6 Å². The molecule has 0 aliphatic carbocycles. The van der Waals surface area contributed by atoms with Crippen molar-refractivity contribution < 1.29 is 44.4 Å². The highest BCUT2D eigenvalue weighted by Gasteiger charge is 2.30. The van der Waals surface area contributed by atoms with E-state index >= 15 is 0 Å². The number of hydrogen-bond acceptors (Lipinski definition) is 12. The van der Waals surface area contributed by atoms with Crippen molar-refractivity contribution in [1.29, 1.82) is 0 Å². The number of unbranched alkanes of at least 4 members (excludes halogenated alkanes) is 1. The minimum absolute atomic E-state index is 0.0474. The Kier molecular flexibility index (Phi) is 13.1. The van der Waals surface area contributed by atoms with Gasteiger partial charge in [0.15, 0.2) is 18.2 Å². The molecule has 1 rings (SSSR count). The van der Waals surface area contributed by atoms with E-state index in [1.165, 1.54) is 0 Å². The molecular weight excluding hydrogens is 470 g/mol. The number of nitrogens with zero attached hydrogens (tertiary/aromatic N) is 2. The van der Waals surface area contributed by atoms with Crippen LogP contribution in [0.4, 0.5) is 4.79 Å². The van der Waals surface area contributed by atoms with E-state index in [0.717, 1.165) is 19.8 Å². The zero-order chi connectivity index (χ0) is 26.5. The first kappa shape index (κ1) is 30.1. The Morgan fingerprint density at radius 2 is 1.74 bits per heavy atom. The van der Waals surface area contributed by atoms with E-state index in [1.807, 2.05) is 5.32 Å². The molecule has 0 aliphatic rings. The number of carboxylic acids is 1. The van der Waals surface area contributed by atoms with Crippen LogP contribution in [0.15, 0.2) is 4.52 Å². The smallest absolute Gasteiger partial charge is 0.328 e. The lowest BCUT2D eigenvalue weighted by atomic mass is 10.1. The number of carboxylic acid groups (broad SMARTS) is 1. The van der Waals surface area contributed by atoms with Crippen molar-refractivity contribution in [3.63, 3.8) is 0 Å². The van der Waals surface area contributed by atoms with Gasteiger partial charge in [0, 0.05) is 6.42 Å². The number of carbonyl (C=O) groups excluding carboxylic acids is 2. The second-order valence-corrected chi connectivity index (χ2v) is 7.91. The van der Waals surface area contributed by atoms with Crippen LogP contribution in [0.25, 0.3) is 0 Å². The second-order valence-electron chi connectivity index (χ2n) is 7.91. The highest BCUT2D eigenvalue weighted by atomic mass is 16.5. The van der Waals surface area contributed by atoms with Crippen molar-refractivity contribution >= 4 is 17.9 Å². The Morgan fingerprint density at radius 1 is 1.06 bits per heavy atom. The second kappa shape index (κ2) is 15.2. The van der Waals surface area contributed by atoms with Crippen LogP contribution in [0.5, 0.6) is 0 Å². The lowest BCUT2D eigenvalue weighted by Crippen LogP contribution is -2.57. The van der Waals surface area contributed by atoms with Gasteiger partial charge in [-0.2, -0.15) is 4.98 Å². The predicted octanol–water partition coefficient (Wildman–Crippen LogP) is -3.06. The fourth-order valence-corrected chi connectivity index (χ4v) is 2.94. The number of nitrogens with two attached hydrogens (primary N) is 2. The van der Waals surface area contributed by atoms with E-state index < -0.39 is 61.1 Å². The molecule has 200 valence electrons. The number of aliphatic hydroxyl groups excluding tert-OH is 3. The number of hydrogen-bond donors (Lipinski definition) is 10. The van der Waals surface area contributed by atoms with Gasteiger partial charge in [-0.05, 0) is 32.7 Å². The molecule has 0 aliphatic heterocycles. The number of nitrogens with one attached hydrogen (secondary N) is 3. The van der Waals surface area contributed by atoms with Crippen molar-refractivity contribution in [2.45, 2.75) is 75.6 Å². The summed E-state index contributed by atoms with van der Waals surface area (Å²) in [5.41, 5.74) is 11.5. The van der Waals surface area contributed by atoms with Gasteiger partial charge in [-0.25, -0.2) is 9.59 Å². The molecule has 12 N–H and O–H groups in total. The summed E-state index contributed by atoms with van der Waals surface area (Å²) in [5.74, 6) is -2.46. The van der Waals surface area contributed by atoms with Crippen LogP contribution in [-0.4, -0.2) is 91.2 Å². The Labute approximate surface area is 201 Å². The average Bonchev–Trinajstić information content (AvgIpc) is 3.28. The van der Waals surface area contributed by atoms with Gasteiger partial charge in [0.1, 0.15) is 12.1 Å². The van der Waals surface area contributed by atoms with E-state index in [0.29, 0.717) is 13.0 Å². The van der Waals surface area contributed by atoms with E-state index in [9.17, 15) is 34.8 Å². The number of aliphatic hydroxyl groups is 4. The number of aliphatic carboxylic acids is 1. The van der Waals surface area contributed by atoms with Crippen LogP contribution in [0.3, 0.4) is 0 Å². The lowest BCUT2D eigenvalue weighted by molar-refractivity contribution is -0.145. The third kappa shape index (κ3) is 10.5. The zero-order valence-electron chi connectivity index (χ0n) is 19.3. The maximum atomic E-state index is 12.5. The van der Waals surface area contributed by atoms with Gasteiger partial charge in [0.05, 0.1) is 18.8 Å². The van der Waals surface area contributed by atoms with Crippen molar-refractivity contribution in [2.75, 3.05) is 13.2 Å². The Bertz CT molecular complexity index is 805. The van der Waals surface area contributed by atoms with Crippen molar-refractivity contribution in [3.05, 3.63) is 11.7 Å². The first-order valence-corrected chi connectivity index (χ1v) is 11.0. The molecule has 3 amide bonds. The van der Waals surface area contributed by atoms with Gasteiger partial charge >= 0.3 is 12.0 Å². The molecule has 16 nitrogen and oxygen atoms in total. The SMILES string of the molecule is CC(O)[C@H](NC(=O)[C@H](CO)NC(=O)N[C@@H](CCC(O)O)c1nc([C@@H](N)CCCCN)no1)C(=O)O. The van der Waals surface area contributed by atoms with E-state index in [1.54, 1.807) is 0 Å². The molecular formula is C19H35N7O9. The molecule has 5 atom stereocenters. The number of urea groups is 1. The lowest BCUT2D eigenvalue weighted by Gasteiger charge is -2.22. The Morgan fingerprint density at radius 3 is 2.29 bits per heavy atom. The molecule has 0 saturated carbocycles. The summed E-state index contributed by atoms with van der Waals surface area (Å²) in [4.78, 5) is 40.1. The average molecular weight is 506 g/mol. The molecule has 35 heavy (non-hydrogen) atoms. The van der Waals surface area contributed by atoms with Crippen LogP contribution in [0.2, 0.25) is 0 Å². The topological polar surface area (TPSA) is 279 Å². The summed E-state index contributed by atoms with van der Waals surface area (Å²) in [5, 5.41) is 56.8. The minimum atomic E-state index is -1.69. The Balaban J connectivity index is 2.88. The van der Waals surface area contributed by atoms with Crippen LogP contribution < -0.4 is 27.4 Å². The fraction of sp³-hybridized carbons (Fsp3) is 0.737. The summed E-state index contributed by atoms with van der Waals surface area (Å²) in [6.07, 6.45) is -1.30. The van der Waals surface area contributed by atoms with Gasteiger partial charge in [-0.15, -0.1) is 0 Å². The minimum Gasteiger partial charge on any atom is -0.480 e. The number of aromatic nitrogens is 2.